The molecule has 2 rings (SSSR count). The fraction of sp³-hybridized carbons (Fsp3) is 0.364. The van der Waals surface area contributed by atoms with Crippen molar-refractivity contribution < 1.29 is 40.8 Å². The number of halogens is 4. The molecule has 0 bridgehead atoms. The topological polar surface area (TPSA) is 117 Å². The van der Waals surface area contributed by atoms with Gasteiger partial charge in [0.15, 0.2) is 11.6 Å². The number of hydrogen-bond acceptors (Lipinski definition) is 7. The fourth-order valence-electron chi connectivity index (χ4n) is 2.83. The maximum Gasteiger partial charge on any atom is 0.425 e. The summed E-state index contributed by atoms with van der Waals surface area (Å²) in [5, 5.41) is 3.02. The summed E-state index contributed by atoms with van der Waals surface area (Å²) in [5.41, 5.74) is -1.83. The summed E-state index contributed by atoms with van der Waals surface area (Å²) in [6, 6.07) is 6.43. The van der Waals surface area contributed by atoms with Gasteiger partial charge in [-0.1, -0.05) is 6.07 Å². The third kappa shape index (κ3) is 8.18. The van der Waals surface area contributed by atoms with E-state index in [0.29, 0.717) is 8.63 Å². The number of hydroxylamine groups is 2. The van der Waals surface area contributed by atoms with Crippen LogP contribution in [0.15, 0.2) is 30.3 Å². The normalized spacial score (nSPS) is 11.7. The molecule has 2 N–H and O–H groups in total. The summed E-state index contributed by atoms with van der Waals surface area (Å²) in [4.78, 5) is 30.1. The summed E-state index contributed by atoms with van der Waals surface area (Å²) in [5.74, 6) is -4.43. The molecule has 204 valence electrons. The molecule has 0 aromatic heterocycles. The van der Waals surface area contributed by atoms with Crippen LogP contribution in [0, 0.1) is 21.0 Å². The maximum atomic E-state index is 14.8. The summed E-state index contributed by atoms with van der Waals surface area (Å²) in [6.07, 6.45) is -1.33. The minimum Gasteiger partial charge on any atom is -0.443 e. The quantitative estimate of drug-likeness (QED) is 0.309. The van der Waals surface area contributed by atoms with Crippen molar-refractivity contribution in [3.63, 3.8) is 0 Å². The Morgan fingerprint density at radius 3 is 2.22 bits per heavy atom. The third-order valence-corrected chi connectivity index (χ3v) is 6.64. The van der Waals surface area contributed by atoms with Gasteiger partial charge in [0.25, 0.3) is 5.91 Å². The van der Waals surface area contributed by atoms with Gasteiger partial charge in [-0.25, -0.2) is 27.8 Å². The van der Waals surface area contributed by atoms with Crippen LogP contribution in [0.5, 0.6) is 0 Å². The fourth-order valence-corrected chi connectivity index (χ4v) is 4.01. The molecule has 0 spiro atoms. The van der Waals surface area contributed by atoms with Crippen LogP contribution in [0.3, 0.4) is 0 Å². The number of ether oxygens (including phenoxy) is 1. The van der Waals surface area contributed by atoms with Gasteiger partial charge in [-0.05, 0) is 67.6 Å². The van der Waals surface area contributed by atoms with Crippen LogP contribution in [0.1, 0.15) is 26.3 Å². The number of nitrogens with one attached hydrogen (secondary N) is 2. The molecule has 0 heterocycles. The molecule has 15 heteroatoms. The van der Waals surface area contributed by atoms with Crippen LogP contribution in [0.25, 0.3) is 0 Å². The molecule has 2 aromatic rings. The number of anilines is 2. The van der Waals surface area contributed by atoms with Crippen molar-refractivity contribution in [1.29, 1.82) is 0 Å². The second kappa shape index (κ2) is 12.3. The Morgan fingerprint density at radius 1 is 1.05 bits per heavy atom. The Kier molecular flexibility index (Phi) is 10.2. The van der Waals surface area contributed by atoms with Crippen molar-refractivity contribution in [2.24, 2.45) is 0 Å². The molecule has 0 saturated carbocycles. The number of hydrogen-bond donors (Lipinski definition) is 2. The van der Waals surface area contributed by atoms with E-state index in [1.807, 2.05) is 27.3 Å². The first-order valence-electron chi connectivity index (χ1n) is 10.6. The number of carbonyl (C=O) groups excluding carboxylic acids is 2. The third-order valence-electron chi connectivity index (χ3n) is 4.60. The lowest BCUT2D eigenvalue weighted by molar-refractivity contribution is -0.179. The Balaban J connectivity index is 2.25. The van der Waals surface area contributed by atoms with E-state index in [1.165, 1.54) is 32.9 Å². The van der Waals surface area contributed by atoms with Crippen molar-refractivity contribution in [2.45, 2.75) is 32.9 Å². The summed E-state index contributed by atoms with van der Waals surface area (Å²) in [7, 11) is -2.39. The molecule has 0 radical (unpaired) electrons. The molecule has 2 aromatic carbocycles. The molecular weight excluding hydrogens is 632 g/mol. The number of amides is 2. The Labute approximate surface area is 226 Å². The first kappa shape index (κ1) is 30.6. The number of nitrogens with zero attached hydrogens (tertiary/aromatic N) is 2. The van der Waals surface area contributed by atoms with Gasteiger partial charge in [0.05, 0.1) is 25.0 Å². The van der Waals surface area contributed by atoms with Crippen LogP contribution in [0.2, 0.25) is 0 Å². The van der Waals surface area contributed by atoms with Crippen molar-refractivity contribution >= 4 is 56.2 Å². The predicted molar refractivity (Wildman–Crippen MR) is 137 cm³/mol. The van der Waals surface area contributed by atoms with Gasteiger partial charge in [0, 0.05) is 16.2 Å². The summed E-state index contributed by atoms with van der Waals surface area (Å²) < 4.78 is 76.0. The lowest BCUT2D eigenvalue weighted by atomic mass is 10.1. The minimum atomic E-state index is -4.47. The second-order valence-corrected chi connectivity index (χ2v) is 11.5. The first-order chi connectivity index (χ1) is 17.1. The smallest absolute Gasteiger partial charge is 0.425 e. The zero-order chi connectivity index (χ0) is 28.1. The highest BCUT2D eigenvalue weighted by Crippen LogP contribution is 2.27. The van der Waals surface area contributed by atoms with Gasteiger partial charge in [-0.3, -0.25) is 9.63 Å². The Morgan fingerprint density at radius 2 is 1.68 bits per heavy atom. The highest BCUT2D eigenvalue weighted by atomic mass is 127. The molecule has 10 nitrogen and oxygen atoms in total. The maximum absolute atomic E-state index is 14.8. The van der Waals surface area contributed by atoms with Crippen molar-refractivity contribution in [3.8, 4) is 0 Å². The average Bonchev–Trinajstić information content (AvgIpc) is 2.80. The van der Waals surface area contributed by atoms with E-state index in [-0.39, 0.29) is 21.2 Å². The van der Waals surface area contributed by atoms with E-state index in [9.17, 15) is 31.2 Å². The SMILES string of the molecule is CNS(=O)(=O)N(CC(=O)N(Cc1ccc(Nc2ccc(I)cc2F)c(F)c1F)OC)C(=O)OC(C)(C)C. The van der Waals surface area contributed by atoms with Crippen LogP contribution in [-0.2, 0) is 31.1 Å². The number of carbonyl (C=O) groups is 2. The molecule has 0 aliphatic carbocycles. The second-order valence-electron chi connectivity index (χ2n) is 8.46. The van der Waals surface area contributed by atoms with Crippen molar-refractivity contribution in [2.75, 3.05) is 26.0 Å². The van der Waals surface area contributed by atoms with Crippen molar-refractivity contribution in [3.05, 3.63) is 56.9 Å². The zero-order valence-corrected chi connectivity index (χ0v) is 23.5. The average molecular weight is 658 g/mol. The Hall–Kier alpha value is -2.63. The van der Waals surface area contributed by atoms with Gasteiger partial charge < -0.3 is 10.1 Å². The molecule has 2 amide bonds. The highest BCUT2D eigenvalue weighted by molar-refractivity contribution is 14.1. The van der Waals surface area contributed by atoms with E-state index in [1.54, 1.807) is 6.07 Å². The van der Waals surface area contributed by atoms with Crippen molar-refractivity contribution in [1.82, 2.24) is 14.1 Å². The monoisotopic (exact) mass is 658 g/mol. The van der Waals surface area contributed by atoms with E-state index in [2.05, 4.69) is 5.32 Å². The van der Waals surface area contributed by atoms with Gasteiger partial charge >= 0.3 is 16.3 Å². The summed E-state index contributed by atoms with van der Waals surface area (Å²) in [6.45, 7) is 2.81. The molecule has 0 saturated heterocycles. The van der Waals surface area contributed by atoms with Crippen LogP contribution < -0.4 is 10.0 Å². The van der Waals surface area contributed by atoms with Gasteiger partial charge in [-0.2, -0.15) is 12.7 Å². The molecule has 0 aliphatic rings. The van der Waals surface area contributed by atoms with Crippen LogP contribution in [0.4, 0.5) is 29.3 Å². The van der Waals surface area contributed by atoms with E-state index < -0.39 is 58.4 Å². The number of benzene rings is 2. The highest BCUT2D eigenvalue weighted by Gasteiger charge is 2.34. The Bertz CT molecular complexity index is 1270. The van der Waals surface area contributed by atoms with Gasteiger partial charge in [-0.15, -0.1) is 0 Å². The molecule has 0 fully saturated rings. The molecule has 0 aliphatic heterocycles. The number of rotatable bonds is 9. The molecular formula is C22H26F3IN4O6S. The lowest BCUT2D eigenvalue weighted by Crippen LogP contribution is -2.50. The first-order valence-corrected chi connectivity index (χ1v) is 13.1. The summed E-state index contributed by atoms with van der Waals surface area (Å²) >= 11 is 1.90. The van der Waals surface area contributed by atoms with E-state index >= 15 is 0 Å². The standard InChI is InChI=1S/C22H26F3IN4O6S/c1-22(2,3)36-21(32)30(37(33,34)27-4)12-18(31)29(35-5)11-13-6-8-17(20(25)19(13)24)28-16-9-7-14(26)10-15(16)23/h6-10,27-28H,11-12H2,1-5H3. The predicted octanol–water partition coefficient (Wildman–Crippen LogP) is 4.04. The van der Waals surface area contributed by atoms with Gasteiger partial charge in [0.1, 0.15) is 18.0 Å². The minimum absolute atomic E-state index is 0.0758. The van der Waals surface area contributed by atoms with E-state index in [4.69, 9.17) is 9.57 Å². The van der Waals surface area contributed by atoms with E-state index in [0.717, 1.165) is 26.3 Å². The molecule has 37 heavy (non-hydrogen) atoms. The van der Waals surface area contributed by atoms with Crippen LogP contribution >= 0.6 is 22.6 Å². The van der Waals surface area contributed by atoms with Crippen LogP contribution in [-0.4, -0.2) is 56.1 Å². The molecule has 0 unspecified atom stereocenters. The largest absolute Gasteiger partial charge is 0.443 e. The lowest BCUT2D eigenvalue weighted by Gasteiger charge is -2.28. The zero-order valence-electron chi connectivity index (χ0n) is 20.6. The van der Waals surface area contributed by atoms with Gasteiger partial charge in [0.2, 0.25) is 0 Å². The molecule has 0 atom stereocenters.